The summed E-state index contributed by atoms with van der Waals surface area (Å²) in [7, 11) is 7.47. The van der Waals surface area contributed by atoms with Crippen molar-refractivity contribution in [3.05, 3.63) is 45.0 Å². The summed E-state index contributed by atoms with van der Waals surface area (Å²) in [5.41, 5.74) is 6.56. The number of thioether (sulfide) groups is 1. The third-order valence-corrected chi connectivity index (χ3v) is 11.9. The Morgan fingerprint density at radius 1 is 1.13 bits per heavy atom. The molecular weight excluding hydrogens is 823 g/mol. The zero-order valence-corrected chi connectivity index (χ0v) is 32.9. The normalized spacial score (nSPS) is 29.6. The Hall–Kier alpha value is -1.77. The number of likely N-dealkylation sites (N-methyl/N-ethyl adjacent to an activating group) is 2. The van der Waals surface area contributed by atoms with E-state index in [1.54, 1.807) is 18.9 Å². The van der Waals surface area contributed by atoms with Crippen molar-refractivity contribution in [3.8, 4) is 29.1 Å². The van der Waals surface area contributed by atoms with E-state index in [-0.39, 0.29) is 99.3 Å². The molecule has 0 spiro atoms. The predicted octanol–water partition coefficient (Wildman–Crippen LogP) is 3.52. The van der Waals surface area contributed by atoms with Gasteiger partial charge >= 0.3 is 5.97 Å². The van der Waals surface area contributed by atoms with E-state index in [0.29, 0.717) is 29.2 Å². The Morgan fingerprint density at radius 2 is 1.87 bits per heavy atom. The zero-order valence-electron chi connectivity index (χ0n) is 27.3. The summed E-state index contributed by atoms with van der Waals surface area (Å²) in [6.45, 7) is 6.17. The molecule has 1 unspecified atom stereocenters. The fourth-order valence-corrected chi connectivity index (χ4v) is 9.92. The first-order valence-electron chi connectivity index (χ1n) is 15.3. The van der Waals surface area contributed by atoms with Crippen LogP contribution in [0.3, 0.4) is 0 Å². The molecule has 2 aromatic carbocycles. The summed E-state index contributed by atoms with van der Waals surface area (Å²) >= 11 is 1.62. The van der Waals surface area contributed by atoms with Crippen LogP contribution in [0.5, 0.6) is 23.0 Å². The number of benzene rings is 2. The van der Waals surface area contributed by atoms with E-state index in [0.717, 1.165) is 33.6 Å². The summed E-state index contributed by atoms with van der Waals surface area (Å²) in [6, 6.07) is 2.75. The second-order valence-electron chi connectivity index (χ2n) is 12.9. The minimum absolute atomic E-state index is 0. The first kappa shape index (κ1) is 34.1. The molecule has 1 N–H and O–H groups in total. The van der Waals surface area contributed by atoms with Crippen LogP contribution in [0.1, 0.15) is 56.3 Å². The fourth-order valence-electron chi connectivity index (χ4n) is 8.21. The van der Waals surface area contributed by atoms with E-state index >= 15 is 0 Å². The van der Waals surface area contributed by atoms with Crippen LogP contribution >= 0.6 is 11.8 Å². The molecule has 11 nitrogen and oxygen atoms in total. The molecule has 0 amide bonds. The van der Waals surface area contributed by atoms with E-state index in [4.69, 9.17) is 23.7 Å². The molecule has 46 heavy (non-hydrogen) atoms. The summed E-state index contributed by atoms with van der Waals surface area (Å²) in [5, 5.41) is 22.6. The van der Waals surface area contributed by atoms with Crippen molar-refractivity contribution in [2.45, 2.75) is 68.7 Å². The van der Waals surface area contributed by atoms with Crippen LogP contribution in [0.15, 0.2) is 6.07 Å². The Balaban J connectivity index is 0.00000372. The van der Waals surface area contributed by atoms with Gasteiger partial charge in [0.05, 0.1) is 23.4 Å². The van der Waals surface area contributed by atoms with Gasteiger partial charge in [0.15, 0.2) is 18.3 Å². The van der Waals surface area contributed by atoms with Crippen LogP contribution in [0.4, 0.5) is 0 Å². The number of hydrogen-bond acceptors (Lipinski definition) is 12. The first-order chi connectivity index (χ1) is 21.6. The van der Waals surface area contributed by atoms with Crippen molar-refractivity contribution in [2.24, 2.45) is 0 Å². The molecule has 0 saturated carbocycles. The topological polar surface area (TPSA) is 117 Å². The molecule has 7 rings (SSSR count). The van der Waals surface area contributed by atoms with E-state index in [1.165, 1.54) is 5.56 Å². The minimum Gasteiger partial charge on any atom is -0.507 e. The standard InChI is InChI=1S/C33H40N4O7S.Ac/c1-15-8-18-9-19-20(10-34)37-21-11-41-33(39)22(35(4)5)12-45-32(25-24(21)31-30(43-14-44-31)17(3)28(25)38)27(37)26(36(19)6)23(18)29(16(15)2)42-13-40-7;/h8,19-22,26-27,32,38H,9,11-14H2,1-7H3;/t19-,20-,21+,22-,26+,27?,32+;/m0./s1. The van der Waals surface area contributed by atoms with Gasteiger partial charge in [0.2, 0.25) is 6.79 Å². The molecule has 5 aliphatic heterocycles. The van der Waals surface area contributed by atoms with Crippen molar-refractivity contribution in [1.82, 2.24) is 14.7 Å². The van der Waals surface area contributed by atoms with Gasteiger partial charge in [-0.1, -0.05) is 6.07 Å². The number of phenols is 1. The van der Waals surface area contributed by atoms with Crippen LogP contribution in [0, 0.1) is 76.2 Å². The number of carbonyl (C=O) groups is 1. The smallest absolute Gasteiger partial charge is 0.324 e. The van der Waals surface area contributed by atoms with Gasteiger partial charge in [-0.2, -0.15) is 5.26 Å². The first-order valence-corrected chi connectivity index (χ1v) is 16.4. The number of rotatable bonds is 4. The van der Waals surface area contributed by atoms with Gasteiger partial charge in [0.25, 0.3) is 0 Å². The number of fused-ring (bicyclic) bond motifs is 9. The van der Waals surface area contributed by atoms with Gasteiger partial charge in [-0.25, -0.2) is 0 Å². The molecule has 0 aliphatic carbocycles. The minimum atomic E-state index is -0.548. The average Bonchev–Trinajstić information content (AvgIpc) is 3.50. The molecule has 13 heteroatoms. The number of esters is 1. The number of methoxy groups -OCH3 is 1. The number of cyclic esters (lactones) is 1. The van der Waals surface area contributed by atoms with Gasteiger partial charge in [0, 0.05) is 91.3 Å². The molecule has 2 aromatic rings. The number of ether oxygens (including phenoxy) is 5. The summed E-state index contributed by atoms with van der Waals surface area (Å²) in [5.74, 6) is 2.16. The van der Waals surface area contributed by atoms with Crippen LogP contribution < -0.4 is 14.2 Å². The molecule has 2 fully saturated rings. The molecule has 4 bridgehead atoms. The monoisotopic (exact) mass is 863 g/mol. The summed E-state index contributed by atoms with van der Waals surface area (Å²) in [6.07, 6.45) is 0.658. The van der Waals surface area contributed by atoms with Gasteiger partial charge < -0.3 is 28.8 Å². The second-order valence-corrected chi connectivity index (χ2v) is 14.1. The van der Waals surface area contributed by atoms with Crippen LogP contribution in [0.25, 0.3) is 0 Å². The summed E-state index contributed by atoms with van der Waals surface area (Å²) < 4.78 is 29.8. The third-order valence-electron chi connectivity index (χ3n) is 10.5. The molecule has 1 radical (unpaired) electrons. The number of carbonyl (C=O) groups excluding carboxylic acids is 1. The second kappa shape index (κ2) is 12.9. The quantitative estimate of drug-likeness (QED) is 0.359. The number of piperazine rings is 1. The molecule has 7 atom stereocenters. The Bertz CT molecular complexity index is 1620. The van der Waals surface area contributed by atoms with Crippen molar-refractivity contribution in [1.29, 1.82) is 5.26 Å². The van der Waals surface area contributed by atoms with Crippen LogP contribution in [-0.2, 0) is 20.7 Å². The molecule has 2 saturated heterocycles. The van der Waals surface area contributed by atoms with Crippen LogP contribution in [-0.4, -0.2) is 104 Å². The maximum Gasteiger partial charge on any atom is 0.324 e. The Morgan fingerprint density at radius 3 is 2.57 bits per heavy atom. The molecule has 243 valence electrons. The van der Waals surface area contributed by atoms with E-state index < -0.39 is 18.1 Å². The Kier molecular flexibility index (Phi) is 9.58. The molecular formula is C33H40AcN4O7S. The average molecular weight is 864 g/mol. The van der Waals surface area contributed by atoms with Crippen molar-refractivity contribution in [2.75, 3.05) is 54.2 Å². The predicted molar refractivity (Wildman–Crippen MR) is 167 cm³/mol. The molecule has 0 aromatic heterocycles. The van der Waals surface area contributed by atoms with E-state index in [1.807, 2.05) is 25.9 Å². The van der Waals surface area contributed by atoms with E-state index in [2.05, 4.69) is 42.8 Å². The zero-order chi connectivity index (χ0) is 31.9. The van der Waals surface area contributed by atoms with Gasteiger partial charge in [-0.3, -0.25) is 19.5 Å². The maximum absolute atomic E-state index is 13.5. The SMILES string of the molecule is COCOc1c(C)c(C)cc2c1[C@@H]1C3[C@@H]4SC[C@H](N(C)C)C(=O)OC[C@H](c5c6c(c(C)c(O)c54)OCO6)N3[C@@H](C#N)[C@H](C2)N1C.[Ac]. The van der Waals surface area contributed by atoms with Gasteiger partial charge in [0.1, 0.15) is 30.2 Å². The van der Waals surface area contributed by atoms with Gasteiger partial charge in [-0.05, 0) is 65.0 Å². The fraction of sp³-hybridized carbons (Fsp3) is 0.576. The number of aryl methyl sites for hydroxylation is 1. The number of phenolic OH excluding ortho intramolecular Hbond substituents is 1. The molecule has 5 heterocycles. The van der Waals surface area contributed by atoms with Crippen molar-refractivity contribution < 1.29 is 77.6 Å². The Labute approximate surface area is 309 Å². The number of aromatic hydroxyl groups is 1. The number of nitrogens with zero attached hydrogens (tertiary/aromatic N) is 4. The van der Waals surface area contributed by atoms with E-state index in [9.17, 15) is 15.2 Å². The van der Waals surface area contributed by atoms with Gasteiger partial charge in [-0.15, -0.1) is 11.8 Å². The van der Waals surface area contributed by atoms with Crippen molar-refractivity contribution >= 4 is 17.7 Å². The summed E-state index contributed by atoms with van der Waals surface area (Å²) in [4.78, 5) is 19.9. The number of nitriles is 1. The number of hydrogen-bond donors (Lipinski definition) is 1. The molecule has 5 aliphatic rings. The maximum atomic E-state index is 13.5. The van der Waals surface area contributed by atoms with Crippen LogP contribution in [0.2, 0.25) is 0 Å². The third kappa shape index (κ3) is 4.97. The largest absolute Gasteiger partial charge is 0.507 e. The van der Waals surface area contributed by atoms with Crippen molar-refractivity contribution in [3.63, 3.8) is 0 Å².